The molecule has 0 aliphatic heterocycles. The van der Waals surface area contributed by atoms with Crippen molar-refractivity contribution < 1.29 is 14.3 Å². The van der Waals surface area contributed by atoms with Gasteiger partial charge in [0.2, 0.25) is 0 Å². The van der Waals surface area contributed by atoms with E-state index in [-0.39, 0.29) is 5.56 Å². The van der Waals surface area contributed by atoms with Crippen molar-refractivity contribution in [3.63, 3.8) is 0 Å². The topological polar surface area (TPSA) is 82.8 Å². The highest BCUT2D eigenvalue weighted by Crippen LogP contribution is 2.26. The van der Waals surface area contributed by atoms with Gasteiger partial charge in [0.05, 0.1) is 28.2 Å². The second-order valence-electron chi connectivity index (χ2n) is 6.38. The predicted molar refractivity (Wildman–Crippen MR) is 122 cm³/mol. The van der Waals surface area contributed by atoms with Crippen molar-refractivity contribution in [2.75, 3.05) is 6.61 Å². The minimum atomic E-state index is -0.731. The van der Waals surface area contributed by atoms with E-state index in [1.165, 1.54) is 4.68 Å². The van der Waals surface area contributed by atoms with Gasteiger partial charge < -0.3 is 9.47 Å². The molecule has 0 fully saturated rings. The Hall–Kier alpha value is -2.52. The molecule has 3 rings (SSSR count). The van der Waals surface area contributed by atoms with Crippen molar-refractivity contribution in [2.24, 2.45) is 5.10 Å². The molecular formula is C21H19Br2N3O4. The molecule has 0 saturated heterocycles. The average Bonchev–Trinajstić information content (AvgIpc) is 2.70. The monoisotopic (exact) mass is 535 g/mol. The SMILES string of the molecule is CCOC(=O)[C@H](C)Oc1ccc(C=Nn2c(C)nc3ccc(Br)cc3c2=O)cc1Br. The van der Waals surface area contributed by atoms with E-state index < -0.39 is 12.1 Å². The molecule has 0 saturated carbocycles. The number of carbonyl (C=O) groups excluding carboxylic acids is 1. The van der Waals surface area contributed by atoms with Gasteiger partial charge in [-0.1, -0.05) is 15.9 Å². The molecule has 30 heavy (non-hydrogen) atoms. The molecule has 3 aromatic rings. The number of rotatable bonds is 6. The fourth-order valence-electron chi connectivity index (χ4n) is 2.71. The maximum atomic E-state index is 12.8. The molecule has 2 aromatic carbocycles. The molecule has 7 nitrogen and oxygen atoms in total. The Morgan fingerprint density at radius 2 is 2.03 bits per heavy atom. The zero-order valence-electron chi connectivity index (χ0n) is 16.6. The van der Waals surface area contributed by atoms with Crippen molar-refractivity contribution in [3.8, 4) is 5.75 Å². The summed E-state index contributed by atoms with van der Waals surface area (Å²) in [5, 5.41) is 4.78. The van der Waals surface area contributed by atoms with Crippen LogP contribution in [-0.4, -0.2) is 34.6 Å². The molecule has 0 amide bonds. The van der Waals surface area contributed by atoms with E-state index in [0.717, 1.165) is 10.0 Å². The van der Waals surface area contributed by atoms with Crippen LogP contribution in [0.1, 0.15) is 25.2 Å². The Morgan fingerprint density at radius 1 is 1.27 bits per heavy atom. The zero-order valence-corrected chi connectivity index (χ0v) is 19.7. The summed E-state index contributed by atoms with van der Waals surface area (Å²) in [6.45, 7) is 5.39. The van der Waals surface area contributed by atoms with Gasteiger partial charge in [0.15, 0.2) is 6.10 Å². The smallest absolute Gasteiger partial charge is 0.347 e. The zero-order chi connectivity index (χ0) is 21.8. The first-order valence-corrected chi connectivity index (χ1v) is 10.7. The minimum absolute atomic E-state index is 0.252. The summed E-state index contributed by atoms with van der Waals surface area (Å²) >= 11 is 6.81. The Bertz CT molecular complexity index is 1190. The number of fused-ring (bicyclic) bond motifs is 1. The number of halogens is 2. The fraction of sp³-hybridized carbons (Fsp3) is 0.238. The van der Waals surface area contributed by atoms with E-state index in [2.05, 4.69) is 41.9 Å². The average molecular weight is 537 g/mol. The van der Waals surface area contributed by atoms with E-state index >= 15 is 0 Å². The lowest BCUT2D eigenvalue weighted by Crippen LogP contribution is -2.26. The number of aryl methyl sites for hydroxylation is 1. The van der Waals surface area contributed by atoms with Gasteiger partial charge in [-0.15, -0.1) is 0 Å². The standard InChI is InChI=1S/C21H19Br2N3O4/c1-4-29-21(28)12(2)30-19-8-5-14(9-17(19)23)11-24-26-13(3)25-18-7-6-15(22)10-16(18)20(26)27/h5-12H,4H2,1-3H3/t12-/m0/s1. The van der Waals surface area contributed by atoms with Gasteiger partial charge in [0.25, 0.3) is 5.56 Å². The number of hydrogen-bond donors (Lipinski definition) is 0. The second-order valence-corrected chi connectivity index (χ2v) is 8.15. The molecule has 1 atom stereocenters. The van der Waals surface area contributed by atoms with Gasteiger partial charge in [-0.05, 0) is 78.7 Å². The van der Waals surface area contributed by atoms with E-state index in [1.807, 2.05) is 6.07 Å². The van der Waals surface area contributed by atoms with Gasteiger partial charge in [-0.3, -0.25) is 4.79 Å². The molecule has 1 heterocycles. The fourth-order valence-corrected chi connectivity index (χ4v) is 3.56. The van der Waals surface area contributed by atoms with Crippen molar-refractivity contribution in [3.05, 3.63) is 67.1 Å². The normalized spacial score (nSPS) is 12.3. The second kappa shape index (κ2) is 9.53. The summed E-state index contributed by atoms with van der Waals surface area (Å²) < 4.78 is 13.3. The summed E-state index contributed by atoms with van der Waals surface area (Å²) in [4.78, 5) is 29.0. The van der Waals surface area contributed by atoms with Crippen molar-refractivity contribution >= 4 is 54.9 Å². The first-order valence-electron chi connectivity index (χ1n) is 9.16. The highest BCUT2D eigenvalue weighted by molar-refractivity contribution is 9.10. The third-order valence-electron chi connectivity index (χ3n) is 4.17. The van der Waals surface area contributed by atoms with Crippen LogP contribution in [0.2, 0.25) is 0 Å². The Labute approximate surface area is 190 Å². The molecule has 0 N–H and O–H groups in total. The van der Waals surface area contributed by atoms with Crippen LogP contribution in [0.3, 0.4) is 0 Å². The number of benzene rings is 2. The van der Waals surface area contributed by atoms with Gasteiger partial charge in [0, 0.05) is 4.47 Å². The maximum absolute atomic E-state index is 12.8. The molecule has 9 heteroatoms. The van der Waals surface area contributed by atoms with Crippen LogP contribution in [0, 0.1) is 6.92 Å². The number of ether oxygens (including phenoxy) is 2. The summed E-state index contributed by atoms with van der Waals surface area (Å²) in [6.07, 6.45) is 0.827. The Balaban J connectivity index is 1.86. The molecule has 0 bridgehead atoms. The van der Waals surface area contributed by atoms with Gasteiger partial charge in [0.1, 0.15) is 11.6 Å². The van der Waals surface area contributed by atoms with Crippen LogP contribution in [0.4, 0.5) is 0 Å². The Morgan fingerprint density at radius 3 is 2.73 bits per heavy atom. The highest BCUT2D eigenvalue weighted by atomic mass is 79.9. The molecular weight excluding hydrogens is 518 g/mol. The first kappa shape index (κ1) is 22.2. The lowest BCUT2D eigenvalue weighted by Gasteiger charge is -2.14. The number of aromatic nitrogens is 2. The van der Waals surface area contributed by atoms with Crippen molar-refractivity contribution in [2.45, 2.75) is 26.9 Å². The molecule has 156 valence electrons. The maximum Gasteiger partial charge on any atom is 0.347 e. The van der Waals surface area contributed by atoms with Crippen LogP contribution in [0.5, 0.6) is 5.75 Å². The predicted octanol–water partition coefficient (Wildman–Crippen LogP) is 4.44. The molecule has 0 aliphatic carbocycles. The minimum Gasteiger partial charge on any atom is -0.478 e. The molecule has 0 aliphatic rings. The highest BCUT2D eigenvalue weighted by Gasteiger charge is 2.17. The number of hydrogen-bond acceptors (Lipinski definition) is 6. The van der Waals surface area contributed by atoms with E-state index in [9.17, 15) is 9.59 Å². The molecule has 0 radical (unpaired) electrons. The molecule has 0 spiro atoms. The van der Waals surface area contributed by atoms with Crippen LogP contribution in [-0.2, 0) is 9.53 Å². The summed E-state index contributed by atoms with van der Waals surface area (Å²) in [5.74, 6) is 0.548. The summed E-state index contributed by atoms with van der Waals surface area (Å²) in [5.41, 5.74) is 1.10. The summed E-state index contributed by atoms with van der Waals surface area (Å²) in [6, 6.07) is 10.6. The van der Waals surface area contributed by atoms with E-state index in [4.69, 9.17) is 9.47 Å². The van der Waals surface area contributed by atoms with Gasteiger partial charge in [-0.25, -0.2) is 9.78 Å². The van der Waals surface area contributed by atoms with Crippen molar-refractivity contribution in [1.29, 1.82) is 0 Å². The van der Waals surface area contributed by atoms with Gasteiger partial charge >= 0.3 is 5.97 Å². The quantitative estimate of drug-likeness (QED) is 0.343. The lowest BCUT2D eigenvalue weighted by atomic mass is 10.2. The number of carbonyl (C=O) groups is 1. The van der Waals surface area contributed by atoms with E-state index in [1.54, 1.807) is 57.3 Å². The number of esters is 1. The van der Waals surface area contributed by atoms with Crippen LogP contribution >= 0.6 is 31.9 Å². The third kappa shape index (κ3) is 4.96. The first-order chi connectivity index (χ1) is 14.3. The molecule has 1 aromatic heterocycles. The largest absolute Gasteiger partial charge is 0.478 e. The lowest BCUT2D eigenvalue weighted by molar-refractivity contribution is -0.150. The Kier molecular flexibility index (Phi) is 7.04. The number of nitrogens with zero attached hydrogens (tertiary/aromatic N) is 3. The van der Waals surface area contributed by atoms with Crippen molar-refractivity contribution in [1.82, 2.24) is 9.66 Å². The summed E-state index contributed by atoms with van der Waals surface area (Å²) in [7, 11) is 0. The van der Waals surface area contributed by atoms with Crippen LogP contribution in [0.25, 0.3) is 10.9 Å². The molecule has 0 unspecified atom stereocenters. The van der Waals surface area contributed by atoms with Crippen LogP contribution < -0.4 is 10.3 Å². The van der Waals surface area contributed by atoms with Crippen LogP contribution in [0.15, 0.2) is 55.2 Å². The third-order valence-corrected chi connectivity index (χ3v) is 5.28. The van der Waals surface area contributed by atoms with Gasteiger partial charge in [-0.2, -0.15) is 9.78 Å². The van der Waals surface area contributed by atoms with E-state index in [0.29, 0.717) is 33.6 Å².